The lowest BCUT2D eigenvalue weighted by atomic mass is 9.78. The van der Waals surface area contributed by atoms with Crippen LogP contribution in [0.4, 0.5) is 0 Å². The van der Waals surface area contributed by atoms with Crippen LogP contribution in [0.1, 0.15) is 81.6 Å². The number of nitrogens with one attached hydrogen (secondary N) is 2. The quantitative estimate of drug-likeness (QED) is 0.228. The zero-order valence-corrected chi connectivity index (χ0v) is 35.9. The molecule has 1 spiro atoms. The van der Waals surface area contributed by atoms with Gasteiger partial charge in [0, 0.05) is 75.0 Å². The first kappa shape index (κ1) is 45.5. The maximum Gasteiger partial charge on any atom is 0.312 e. The summed E-state index contributed by atoms with van der Waals surface area (Å²) in [5.74, 6) is -5.35. The number of methoxy groups -OCH3 is 1. The highest BCUT2D eigenvalue weighted by molar-refractivity contribution is 6.07. The number of hydrogen-bond acceptors (Lipinski definition) is 13. The van der Waals surface area contributed by atoms with Crippen LogP contribution in [0.5, 0.6) is 0 Å². The van der Waals surface area contributed by atoms with Crippen LogP contribution >= 0.6 is 0 Å². The van der Waals surface area contributed by atoms with Gasteiger partial charge in [0.1, 0.15) is 11.5 Å². The molecule has 1 amide bonds. The summed E-state index contributed by atoms with van der Waals surface area (Å²) in [6, 6.07) is 0. The number of aliphatic hydroxyl groups is 4. The van der Waals surface area contributed by atoms with E-state index in [1.165, 1.54) is 20.3 Å². The van der Waals surface area contributed by atoms with Crippen LogP contribution in [0.15, 0.2) is 71.0 Å². The van der Waals surface area contributed by atoms with Gasteiger partial charge in [0.2, 0.25) is 5.78 Å². The molecule has 0 radical (unpaired) electrons. The lowest BCUT2D eigenvalue weighted by Crippen LogP contribution is -2.66. The van der Waals surface area contributed by atoms with E-state index in [1.807, 2.05) is 4.90 Å². The summed E-state index contributed by atoms with van der Waals surface area (Å²) in [4.78, 5) is 46.0. The molecule has 2 unspecified atom stereocenters. The number of amides is 1. The van der Waals surface area contributed by atoms with Crippen molar-refractivity contribution in [1.29, 1.82) is 0 Å². The number of piperidine rings is 1. The lowest BCUT2D eigenvalue weighted by Gasteiger charge is -2.51. The summed E-state index contributed by atoms with van der Waals surface area (Å²) >= 11 is 0. The molecule has 11 atom stereocenters. The smallest absolute Gasteiger partial charge is 0.312 e. The zero-order valence-electron chi connectivity index (χ0n) is 35.9. The number of carbonyl (C=O) groups excluding carboxylic acids is 3. The van der Waals surface area contributed by atoms with Gasteiger partial charge >= 0.3 is 5.79 Å². The second-order valence-electron chi connectivity index (χ2n) is 17.8. The molecule has 3 saturated heterocycles. The van der Waals surface area contributed by atoms with Gasteiger partial charge in [-0.15, -0.1) is 0 Å². The molecule has 0 saturated carbocycles. The maximum atomic E-state index is 14.2. The van der Waals surface area contributed by atoms with Crippen molar-refractivity contribution in [3.63, 3.8) is 0 Å². The topological polar surface area (TPSA) is 190 Å². The standard InChI is InChI=1S/C44H66N4O10/c1-24(2)22-47-18-16-43(17-19-47)46-32-23-48(43)44(55)21-33(49)35(32)45-41(54)26(4)14-12-13-25(3)36(50)28(6)38(52)29(7)37(51)27(5)34(56-11)15-20-57-42(10)40(53)30(8)39(58-42)31(44)9/h12-15,20,24-25,27-29,34,36-38,46,50-52,55H,8,16-19,21-23H2,1-7,9-11H3,(H,45,54)/b13-12+,20-15+,26-14-,39-31+/t25-,27+,28+,29-,34-,36-,37+,38+,42-,44?/m0/s1. The zero-order chi connectivity index (χ0) is 43.1. The van der Waals surface area contributed by atoms with E-state index in [-0.39, 0.29) is 29.1 Å². The molecule has 14 nitrogen and oxygen atoms in total. The number of ketones is 2. The molecule has 5 rings (SSSR count). The van der Waals surface area contributed by atoms with Gasteiger partial charge in [-0.05, 0) is 38.7 Å². The van der Waals surface area contributed by atoms with Crippen molar-refractivity contribution in [1.82, 2.24) is 20.4 Å². The molecule has 0 aromatic rings. The monoisotopic (exact) mass is 810 g/mol. The van der Waals surface area contributed by atoms with E-state index < -0.39 is 89.2 Å². The van der Waals surface area contributed by atoms with E-state index in [9.17, 15) is 34.8 Å². The van der Waals surface area contributed by atoms with Crippen LogP contribution in [0.2, 0.25) is 0 Å². The predicted octanol–water partition coefficient (Wildman–Crippen LogP) is 3.16. The van der Waals surface area contributed by atoms with Gasteiger partial charge in [0.05, 0.1) is 54.0 Å². The summed E-state index contributed by atoms with van der Waals surface area (Å²) in [5, 5.41) is 53.3. The fourth-order valence-electron chi connectivity index (χ4n) is 9.17. The second kappa shape index (κ2) is 17.5. The molecule has 58 heavy (non-hydrogen) atoms. The van der Waals surface area contributed by atoms with Gasteiger partial charge in [0.15, 0.2) is 11.5 Å². The first-order valence-corrected chi connectivity index (χ1v) is 20.6. The molecule has 6 N–H and O–H groups in total. The number of carbonyl (C=O) groups is 3. The van der Waals surface area contributed by atoms with Gasteiger partial charge in [-0.1, -0.05) is 66.3 Å². The molecule has 322 valence electrons. The van der Waals surface area contributed by atoms with Crippen LogP contribution in [0, 0.1) is 29.6 Å². The molecular weight excluding hydrogens is 745 g/mol. The minimum absolute atomic E-state index is 0.000968. The Morgan fingerprint density at radius 2 is 1.60 bits per heavy atom. The van der Waals surface area contributed by atoms with Crippen molar-refractivity contribution < 1.29 is 49.0 Å². The Labute approximate surface area is 343 Å². The fraction of sp³-hybridized carbons (Fsp3) is 0.659. The van der Waals surface area contributed by atoms with Crippen molar-refractivity contribution in [3.8, 4) is 0 Å². The van der Waals surface area contributed by atoms with Crippen LogP contribution < -0.4 is 10.6 Å². The SMILES string of the molecule is C=C1C(=O)[C@@]2(C)O/C=C/[C@H](OC)[C@@H](C)[C@@H](O)[C@H](C)[C@H](O)[C@H](C)[C@@H](O)[C@@H](C)/C=C/C=C(/C)C(=O)NC3=C4CN(C5(CCN(CC(C)C)CC5)N4)C(O)(CC3=O)/C(C)=C\1O2. The molecule has 5 heterocycles. The van der Waals surface area contributed by atoms with Crippen LogP contribution in [0.25, 0.3) is 0 Å². The number of likely N-dealkylation sites (tertiary alicyclic amines) is 1. The fourth-order valence-corrected chi connectivity index (χ4v) is 9.17. The molecule has 3 fully saturated rings. The summed E-state index contributed by atoms with van der Waals surface area (Å²) in [5.41, 5.74) is -1.77. The summed E-state index contributed by atoms with van der Waals surface area (Å²) in [7, 11) is 1.47. The van der Waals surface area contributed by atoms with Gasteiger partial charge < -0.3 is 50.2 Å². The number of nitrogens with zero attached hydrogens (tertiary/aromatic N) is 2. The number of ether oxygens (including phenoxy) is 3. The van der Waals surface area contributed by atoms with Crippen LogP contribution in [0.3, 0.4) is 0 Å². The van der Waals surface area contributed by atoms with Crippen LogP contribution in [-0.2, 0) is 28.6 Å². The average molecular weight is 811 g/mol. The molecule has 5 aliphatic rings. The van der Waals surface area contributed by atoms with Crippen molar-refractivity contribution in [2.75, 3.05) is 33.3 Å². The van der Waals surface area contributed by atoms with E-state index in [0.717, 1.165) is 19.6 Å². The Morgan fingerprint density at radius 3 is 2.22 bits per heavy atom. The Kier molecular flexibility index (Phi) is 13.7. The third kappa shape index (κ3) is 8.65. The molecule has 0 aromatic carbocycles. The second-order valence-corrected chi connectivity index (χ2v) is 17.8. The number of allylic oxidation sites excluding steroid dienone is 4. The number of fused-ring (bicyclic) bond motifs is 9. The third-order valence-electron chi connectivity index (χ3n) is 13.1. The van der Waals surface area contributed by atoms with Gasteiger partial charge in [-0.3, -0.25) is 14.4 Å². The lowest BCUT2D eigenvalue weighted by molar-refractivity contribution is -0.172. The van der Waals surface area contributed by atoms with Crippen molar-refractivity contribution in [3.05, 3.63) is 71.0 Å². The van der Waals surface area contributed by atoms with E-state index in [2.05, 4.69) is 36.0 Å². The Bertz CT molecular complexity index is 1780. The van der Waals surface area contributed by atoms with Crippen LogP contribution in [-0.4, -0.2) is 123 Å². The number of hydrogen-bond donors (Lipinski definition) is 6. The number of rotatable bonds is 3. The molecular formula is C44H66N4O10. The molecule has 14 heteroatoms. The summed E-state index contributed by atoms with van der Waals surface area (Å²) in [6.07, 6.45) is 4.68. The van der Waals surface area contributed by atoms with E-state index in [0.29, 0.717) is 30.0 Å². The summed E-state index contributed by atoms with van der Waals surface area (Å²) < 4.78 is 17.9. The molecule has 0 aliphatic carbocycles. The Balaban J connectivity index is 1.59. The van der Waals surface area contributed by atoms with E-state index in [1.54, 1.807) is 65.8 Å². The van der Waals surface area contributed by atoms with E-state index >= 15 is 0 Å². The maximum absolute atomic E-state index is 14.2. The van der Waals surface area contributed by atoms with Crippen molar-refractivity contribution in [2.45, 2.75) is 123 Å². The van der Waals surface area contributed by atoms with Gasteiger partial charge in [-0.25, -0.2) is 4.90 Å². The number of aliphatic hydroxyl groups excluding tert-OH is 3. The van der Waals surface area contributed by atoms with Crippen molar-refractivity contribution >= 4 is 17.5 Å². The van der Waals surface area contributed by atoms with E-state index in [4.69, 9.17) is 14.2 Å². The van der Waals surface area contributed by atoms with Gasteiger partial charge in [-0.2, -0.15) is 0 Å². The molecule has 6 bridgehead atoms. The predicted molar refractivity (Wildman–Crippen MR) is 218 cm³/mol. The summed E-state index contributed by atoms with van der Waals surface area (Å²) in [6.45, 7) is 22.5. The third-order valence-corrected chi connectivity index (χ3v) is 13.1. The number of Topliss-reactive ketones (excluding diaryl/α,β-unsaturated/α-hetero) is 2. The van der Waals surface area contributed by atoms with Crippen molar-refractivity contribution in [2.24, 2.45) is 29.6 Å². The minimum atomic E-state index is -1.97. The molecule has 0 aromatic heterocycles. The normalized spacial score (nSPS) is 41.5. The first-order valence-electron chi connectivity index (χ1n) is 20.6. The largest absolute Gasteiger partial charge is 0.454 e. The van der Waals surface area contributed by atoms with Gasteiger partial charge in [0.25, 0.3) is 5.91 Å². The average Bonchev–Trinajstić information content (AvgIpc) is 3.63. The molecule has 5 aliphatic heterocycles. The minimum Gasteiger partial charge on any atom is -0.454 e. The highest BCUT2D eigenvalue weighted by Crippen LogP contribution is 2.47. The Hall–Kier alpha value is -3.63. The first-order chi connectivity index (χ1) is 27.1. The highest BCUT2D eigenvalue weighted by Gasteiger charge is 2.59. The Morgan fingerprint density at radius 1 is 0.983 bits per heavy atom. The highest BCUT2D eigenvalue weighted by atomic mass is 16.7.